The monoisotopic (exact) mass is 373 g/mol. The first kappa shape index (κ1) is 18.4. The maximum atomic E-state index is 12.6. The van der Waals surface area contributed by atoms with Gasteiger partial charge in [0, 0.05) is 24.5 Å². The topological polar surface area (TPSA) is 78.5 Å². The lowest BCUT2D eigenvalue weighted by molar-refractivity contribution is -0.114. The van der Waals surface area contributed by atoms with Crippen LogP contribution in [0.4, 0.5) is 11.4 Å². The van der Waals surface area contributed by atoms with Crippen molar-refractivity contribution >= 4 is 27.3 Å². The van der Waals surface area contributed by atoms with E-state index in [1.807, 2.05) is 31.2 Å². The number of aryl methyl sites for hydroxylation is 1. The molecule has 0 bridgehead atoms. The second-order valence-corrected chi connectivity index (χ2v) is 8.29. The molecule has 0 saturated carbocycles. The first-order valence-electron chi connectivity index (χ1n) is 8.66. The fraction of sp³-hybridized carbons (Fsp3) is 0.316. The fourth-order valence-electron chi connectivity index (χ4n) is 2.93. The lowest BCUT2D eigenvalue weighted by Gasteiger charge is -2.16. The molecule has 138 valence electrons. The molecule has 0 radical (unpaired) electrons. The van der Waals surface area contributed by atoms with Gasteiger partial charge in [-0.2, -0.15) is 4.31 Å². The summed E-state index contributed by atoms with van der Waals surface area (Å²) in [5.74, 6) is -0.188. The number of nitrogens with one attached hydrogen (secondary N) is 2. The molecule has 0 unspecified atom stereocenters. The molecule has 1 fully saturated rings. The minimum Gasteiger partial charge on any atom is -0.376 e. The Labute approximate surface area is 154 Å². The number of para-hydroxylation sites is 1. The molecule has 3 rings (SSSR count). The molecular formula is C19H23N3O3S. The first-order valence-corrected chi connectivity index (χ1v) is 10.1. The number of hydrogen-bond acceptors (Lipinski definition) is 4. The van der Waals surface area contributed by atoms with E-state index >= 15 is 0 Å². The number of carbonyl (C=O) groups is 1. The molecule has 0 aromatic heterocycles. The van der Waals surface area contributed by atoms with Gasteiger partial charge in [-0.1, -0.05) is 24.3 Å². The van der Waals surface area contributed by atoms with Crippen molar-refractivity contribution in [2.24, 2.45) is 0 Å². The number of rotatable bonds is 6. The summed E-state index contributed by atoms with van der Waals surface area (Å²) in [6.07, 6.45) is 1.80. The zero-order valence-electron chi connectivity index (χ0n) is 14.7. The quantitative estimate of drug-likeness (QED) is 0.816. The Bertz CT molecular complexity index is 890. The average Bonchev–Trinajstić information content (AvgIpc) is 3.18. The average molecular weight is 373 g/mol. The molecule has 0 atom stereocenters. The third-order valence-electron chi connectivity index (χ3n) is 4.41. The maximum Gasteiger partial charge on any atom is 0.243 e. The van der Waals surface area contributed by atoms with Crippen LogP contribution in [0, 0.1) is 6.92 Å². The third-order valence-corrected chi connectivity index (χ3v) is 6.30. The second kappa shape index (κ2) is 7.88. The summed E-state index contributed by atoms with van der Waals surface area (Å²) in [6.45, 7) is 3.12. The number of benzene rings is 2. The van der Waals surface area contributed by atoms with Crippen molar-refractivity contribution in [2.45, 2.75) is 24.7 Å². The Morgan fingerprint density at radius 2 is 1.81 bits per heavy atom. The van der Waals surface area contributed by atoms with E-state index in [0.717, 1.165) is 24.1 Å². The number of carbonyl (C=O) groups excluding carboxylic acids is 1. The highest BCUT2D eigenvalue weighted by molar-refractivity contribution is 7.89. The van der Waals surface area contributed by atoms with Gasteiger partial charge in [-0.3, -0.25) is 4.79 Å². The van der Waals surface area contributed by atoms with Gasteiger partial charge in [0.1, 0.15) is 0 Å². The van der Waals surface area contributed by atoms with Crippen molar-refractivity contribution in [1.82, 2.24) is 4.31 Å². The zero-order valence-corrected chi connectivity index (χ0v) is 15.6. The molecule has 7 heteroatoms. The molecule has 0 spiro atoms. The van der Waals surface area contributed by atoms with E-state index in [1.165, 1.54) is 4.31 Å². The van der Waals surface area contributed by atoms with E-state index < -0.39 is 10.0 Å². The van der Waals surface area contributed by atoms with Crippen LogP contribution < -0.4 is 10.6 Å². The van der Waals surface area contributed by atoms with Crippen LogP contribution in [0.2, 0.25) is 0 Å². The summed E-state index contributed by atoms with van der Waals surface area (Å²) in [7, 11) is -3.46. The minimum atomic E-state index is -3.46. The summed E-state index contributed by atoms with van der Waals surface area (Å²) in [4.78, 5) is 12.4. The molecule has 6 nitrogen and oxygen atoms in total. The highest BCUT2D eigenvalue weighted by Crippen LogP contribution is 2.23. The Hall–Kier alpha value is -2.38. The van der Waals surface area contributed by atoms with Crippen molar-refractivity contribution in [3.05, 3.63) is 54.1 Å². The van der Waals surface area contributed by atoms with Gasteiger partial charge in [-0.15, -0.1) is 0 Å². The van der Waals surface area contributed by atoms with Crippen LogP contribution >= 0.6 is 0 Å². The standard InChI is InChI=1S/C19H23N3O3S/c1-15-7-2-3-10-18(15)21-19(23)14-20-16-8-6-9-17(13-16)26(24,25)22-11-4-5-12-22/h2-3,6-10,13,20H,4-5,11-12,14H2,1H3,(H,21,23). The van der Waals surface area contributed by atoms with Crippen molar-refractivity contribution in [3.63, 3.8) is 0 Å². The smallest absolute Gasteiger partial charge is 0.243 e. The second-order valence-electron chi connectivity index (χ2n) is 6.36. The van der Waals surface area contributed by atoms with E-state index in [1.54, 1.807) is 24.3 Å². The fourth-order valence-corrected chi connectivity index (χ4v) is 4.50. The number of nitrogens with zero attached hydrogens (tertiary/aromatic N) is 1. The largest absolute Gasteiger partial charge is 0.376 e. The molecule has 1 aliphatic rings. The SMILES string of the molecule is Cc1ccccc1NC(=O)CNc1cccc(S(=O)(=O)N2CCCC2)c1. The van der Waals surface area contributed by atoms with E-state index in [4.69, 9.17) is 0 Å². The van der Waals surface area contributed by atoms with Gasteiger partial charge in [-0.05, 0) is 49.6 Å². The van der Waals surface area contributed by atoms with Gasteiger partial charge >= 0.3 is 0 Å². The molecule has 2 aromatic rings. The Balaban J connectivity index is 1.64. The summed E-state index contributed by atoms with van der Waals surface area (Å²) < 4.78 is 26.8. The summed E-state index contributed by atoms with van der Waals surface area (Å²) in [6, 6.07) is 14.2. The van der Waals surface area contributed by atoms with Crippen LogP contribution in [0.25, 0.3) is 0 Å². The first-order chi connectivity index (χ1) is 12.5. The molecule has 1 heterocycles. The Morgan fingerprint density at radius 3 is 2.54 bits per heavy atom. The van der Waals surface area contributed by atoms with Gasteiger partial charge in [-0.25, -0.2) is 8.42 Å². The third kappa shape index (κ3) is 4.23. The predicted octanol–water partition coefficient (Wildman–Crippen LogP) is 2.83. The molecular weight excluding hydrogens is 350 g/mol. The molecule has 0 aliphatic carbocycles. The number of hydrogen-bond donors (Lipinski definition) is 2. The van der Waals surface area contributed by atoms with Crippen molar-refractivity contribution in [1.29, 1.82) is 0 Å². The van der Waals surface area contributed by atoms with Crippen LogP contribution in [-0.4, -0.2) is 38.3 Å². The van der Waals surface area contributed by atoms with Gasteiger partial charge < -0.3 is 10.6 Å². The molecule has 2 N–H and O–H groups in total. The van der Waals surface area contributed by atoms with E-state index in [0.29, 0.717) is 18.8 Å². The van der Waals surface area contributed by atoms with Gasteiger partial charge in [0.25, 0.3) is 0 Å². The van der Waals surface area contributed by atoms with Crippen LogP contribution in [0.1, 0.15) is 18.4 Å². The summed E-state index contributed by atoms with van der Waals surface area (Å²) in [5.41, 5.74) is 2.36. The van der Waals surface area contributed by atoms with Crippen LogP contribution in [0.3, 0.4) is 0 Å². The maximum absolute atomic E-state index is 12.6. The Kier molecular flexibility index (Phi) is 5.58. The van der Waals surface area contributed by atoms with Crippen molar-refractivity contribution in [2.75, 3.05) is 30.3 Å². The summed E-state index contributed by atoms with van der Waals surface area (Å²) >= 11 is 0. The van der Waals surface area contributed by atoms with E-state index in [-0.39, 0.29) is 17.3 Å². The van der Waals surface area contributed by atoms with Crippen molar-refractivity contribution in [3.8, 4) is 0 Å². The molecule has 26 heavy (non-hydrogen) atoms. The number of amides is 1. The molecule has 1 amide bonds. The van der Waals surface area contributed by atoms with Crippen LogP contribution in [0.5, 0.6) is 0 Å². The summed E-state index contributed by atoms with van der Waals surface area (Å²) in [5, 5.41) is 5.83. The minimum absolute atomic E-state index is 0.0571. The normalized spacial score (nSPS) is 15.0. The lowest BCUT2D eigenvalue weighted by atomic mass is 10.2. The molecule has 1 saturated heterocycles. The van der Waals surface area contributed by atoms with Crippen LogP contribution in [-0.2, 0) is 14.8 Å². The van der Waals surface area contributed by atoms with Gasteiger partial charge in [0.05, 0.1) is 11.4 Å². The number of sulfonamides is 1. The van der Waals surface area contributed by atoms with Crippen LogP contribution in [0.15, 0.2) is 53.4 Å². The van der Waals surface area contributed by atoms with Crippen molar-refractivity contribution < 1.29 is 13.2 Å². The molecule has 2 aromatic carbocycles. The zero-order chi connectivity index (χ0) is 18.6. The van der Waals surface area contributed by atoms with Gasteiger partial charge in [0.15, 0.2) is 0 Å². The van der Waals surface area contributed by atoms with E-state index in [9.17, 15) is 13.2 Å². The number of anilines is 2. The Morgan fingerprint density at radius 1 is 1.08 bits per heavy atom. The highest BCUT2D eigenvalue weighted by Gasteiger charge is 2.27. The van der Waals surface area contributed by atoms with Gasteiger partial charge in [0.2, 0.25) is 15.9 Å². The highest BCUT2D eigenvalue weighted by atomic mass is 32.2. The van der Waals surface area contributed by atoms with E-state index in [2.05, 4.69) is 10.6 Å². The predicted molar refractivity (Wildman–Crippen MR) is 103 cm³/mol. The molecule has 1 aliphatic heterocycles. The lowest BCUT2D eigenvalue weighted by Crippen LogP contribution is -2.28.